The number of sulfonamides is 1. The molecule has 1 amide bonds. The van der Waals surface area contributed by atoms with E-state index in [4.69, 9.17) is 0 Å². The van der Waals surface area contributed by atoms with E-state index in [9.17, 15) is 13.2 Å². The molecule has 0 saturated carbocycles. The van der Waals surface area contributed by atoms with Crippen LogP contribution in [0.5, 0.6) is 0 Å². The molecule has 1 saturated heterocycles. The second-order valence-electron chi connectivity index (χ2n) is 6.19. The number of nitrogens with one attached hydrogen (secondary N) is 2. The number of hydrogen-bond donors (Lipinski definition) is 2. The van der Waals surface area contributed by atoms with Gasteiger partial charge in [0, 0.05) is 37.2 Å². The average molecular weight is 360 g/mol. The molecule has 0 radical (unpaired) electrons. The van der Waals surface area contributed by atoms with E-state index in [1.165, 1.54) is 10.6 Å². The summed E-state index contributed by atoms with van der Waals surface area (Å²) in [7, 11) is -3.29. The van der Waals surface area contributed by atoms with Crippen LogP contribution in [0.15, 0.2) is 18.2 Å². The smallest absolute Gasteiger partial charge is 0.251 e. The molecule has 1 atom stereocenters. The van der Waals surface area contributed by atoms with Crippen molar-refractivity contribution < 1.29 is 13.2 Å². The maximum Gasteiger partial charge on any atom is 0.251 e. The first-order valence-electron chi connectivity index (χ1n) is 7.47. The Labute approximate surface area is 143 Å². The van der Waals surface area contributed by atoms with Gasteiger partial charge in [0.1, 0.15) is 0 Å². The topological polar surface area (TPSA) is 78.5 Å². The summed E-state index contributed by atoms with van der Waals surface area (Å²) < 4.78 is 25.2. The van der Waals surface area contributed by atoms with Crippen molar-refractivity contribution in [2.45, 2.75) is 19.4 Å². The van der Waals surface area contributed by atoms with Gasteiger partial charge in [-0.3, -0.25) is 9.10 Å². The van der Waals surface area contributed by atoms with Gasteiger partial charge in [-0.25, -0.2) is 8.42 Å². The molecule has 2 aliphatic rings. The Morgan fingerprint density at radius 3 is 2.65 bits per heavy atom. The Balaban J connectivity index is 0.00000192. The molecule has 1 unspecified atom stereocenters. The zero-order valence-corrected chi connectivity index (χ0v) is 14.8. The van der Waals surface area contributed by atoms with Crippen LogP contribution in [-0.2, 0) is 16.4 Å². The van der Waals surface area contributed by atoms with Crippen molar-refractivity contribution >= 4 is 34.0 Å². The zero-order chi connectivity index (χ0) is 15.9. The molecule has 0 bridgehead atoms. The van der Waals surface area contributed by atoms with Crippen molar-refractivity contribution in [1.82, 2.24) is 10.6 Å². The molecular formula is C15H22ClN3O3S. The molecule has 2 heterocycles. The fraction of sp³-hybridized carbons (Fsp3) is 0.533. The number of carbonyl (C=O) groups is 1. The maximum atomic E-state index is 12.2. The first-order chi connectivity index (χ1) is 10.4. The minimum Gasteiger partial charge on any atom is -0.352 e. The molecule has 0 spiro atoms. The molecule has 128 valence electrons. The van der Waals surface area contributed by atoms with Crippen molar-refractivity contribution in [2.75, 3.05) is 30.2 Å². The molecule has 8 heteroatoms. The lowest BCUT2D eigenvalue weighted by Gasteiger charge is -2.27. The monoisotopic (exact) mass is 359 g/mol. The van der Waals surface area contributed by atoms with Gasteiger partial charge in [-0.05, 0) is 37.1 Å². The zero-order valence-electron chi connectivity index (χ0n) is 13.2. The number of halogens is 1. The third kappa shape index (κ3) is 3.62. The Morgan fingerprint density at radius 1 is 1.39 bits per heavy atom. The van der Waals surface area contributed by atoms with Gasteiger partial charge in [0.25, 0.3) is 5.91 Å². The highest BCUT2D eigenvalue weighted by atomic mass is 35.5. The fourth-order valence-corrected chi connectivity index (χ4v) is 4.34. The highest BCUT2D eigenvalue weighted by Crippen LogP contribution is 2.34. The van der Waals surface area contributed by atoms with E-state index >= 15 is 0 Å². The van der Waals surface area contributed by atoms with Gasteiger partial charge >= 0.3 is 0 Å². The van der Waals surface area contributed by atoms with E-state index in [0.717, 1.165) is 18.7 Å². The molecule has 6 nitrogen and oxygen atoms in total. The third-order valence-corrected chi connectivity index (χ3v) is 5.54. The molecule has 0 aromatic heterocycles. The second-order valence-corrected chi connectivity index (χ2v) is 8.05. The molecule has 3 rings (SSSR count). The standard InChI is InChI=1S/C15H21N3O3S.ClH/c1-10-5-13-6-12(15(19)17-9-11-7-16-8-11)3-4-14(13)18(10)22(2,20)21;/h3-4,6,10-11,16H,5,7-9H2,1-2H3,(H,17,19);1H. The van der Waals surface area contributed by atoms with Gasteiger partial charge in [0.05, 0.1) is 11.9 Å². The number of hydrogen-bond acceptors (Lipinski definition) is 4. The minimum atomic E-state index is -3.29. The van der Waals surface area contributed by atoms with E-state index in [1.54, 1.807) is 12.1 Å². The fourth-order valence-electron chi connectivity index (χ4n) is 3.08. The van der Waals surface area contributed by atoms with Crippen LogP contribution in [-0.4, -0.2) is 46.3 Å². The van der Waals surface area contributed by atoms with Gasteiger partial charge in [-0.1, -0.05) is 0 Å². The van der Waals surface area contributed by atoms with E-state index in [0.29, 0.717) is 30.1 Å². The van der Waals surface area contributed by atoms with Crippen LogP contribution in [0.25, 0.3) is 0 Å². The highest BCUT2D eigenvalue weighted by molar-refractivity contribution is 7.92. The van der Waals surface area contributed by atoms with Gasteiger partial charge < -0.3 is 10.6 Å². The lowest BCUT2D eigenvalue weighted by Crippen LogP contribution is -2.48. The molecule has 2 N–H and O–H groups in total. The van der Waals surface area contributed by atoms with Gasteiger partial charge in [0.15, 0.2) is 0 Å². The number of anilines is 1. The molecule has 23 heavy (non-hydrogen) atoms. The molecular weight excluding hydrogens is 338 g/mol. The van der Waals surface area contributed by atoms with E-state index < -0.39 is 10.0 Å². The van der Waals surface area contributed by atoms with Crippen molar-refractivity contribution in [3.05, 3.63) is 29.3 Å². The summed E-state index contributed by atoms with van der Waals surface area (Å²) in [6.45, 7) is 4.45. The molecule has 1 aromatic rings. The maximum absolute atomic E-state index is 12.2. The Hall–Kier alpha value is -1.31. The van der Waals surface area contributed by atoms with Gasteiger partial charge in [-0.2, -0.15) is 0 Å². The normalized spacial score (nSPS) is 20.4. The first-order valence-corrected chi connectivity index (χ1v) is 9.32. The average Bonchev–Trinajstić information content (AvgIpc) is 2.71. The van der Waals surface area contributed by atoms with Crippen LogP contribution in [0.1, 0.15) is 22.8 Å². The number of rotatable bonds is 4. The quantitative estimate of drug-likeness (QED) is 0.832. The van der Waals surface area contributed by atoms with Gasteiger partial charge in [0.2, 0.25) is 10.0 Å². The third-order valence-electron chi connectivity index (χ3n) is 4.27. The number of nitrogens with zero attached hydrogens (tertiary/aromatic N) is 1. The van der Waals surface area contributed by atoms with Crippen LogP contribution in [0.2, 0.25) is 0 Å². The Morgan fingerprint density at radius 2 is 2.09 bits per heavy atom. The van der Waals surface area contributed by atoms with Crippen LogP contribution in [0, 0.1) is 5.92 Å². The van der Waals surface area contributed by atoms with Crippen LogP contribution in [0.4, 0.5) is 5.69 Å². The first kappa shape index (κ1) is 18.0. The number of carbonyl (C=O) groups excluding carboxylic acids is 1. The predicted molar refractivity (Wildman–Crippen MR) is 92.9 cm³/mol. The van der Waals surface area contributed by atoms with Crippen molar-refractivity contribution in [3.63, 3.8) is 0 Å². The van der Waals surface area contributed by atoms with Crippen molar-refractivity contribution in [1.29, 1.82) is 0 Å². The summed E-state index contributed by atoms with van der Waals surface area (Å²) in [5, 5.41) is 6.10. The highest BCUT2D eigenvalue weighted by Gasteiger charge is 2.32. The number of benzene rings is 1. The summed E-state index contributed by atoms with van der Waals surface area (Å²) in [4.78, 5) is 12.2. The van der Waals surface area contributed by atoms with E-state index in [2.05, 4.69) is 10.6 Å². The Kier molecular flexibility index (Phi) is 5.23. The lowest BCUT2D eigenvalue weighted by atomic mass is 10.0. The van der Waals surface area contributed by atoms with E-state index in [1.807, 2.05) is 13.0 Å². The summed E-state index contributed by atoms with van der Waals surface area (Å²) in [5.74, 6) is 0.416. The number of fused-ring (bicyclic) bond motifs is 1. The van der Waals surface area contributed by atoms with Crippen LogP contribution >= 0.6 is 12.4 Å². The van der Waals surface area contributed by atoms with Crippen molar-refractivity contribution in [2.24, 2.45) is 5.92 Å². The van der Waals surface area contributed by atoms with Crippen LogP contribution < -0.4 is 14.9 Å². The second kappa shape index (κ2) is 6.67. The molecule has 0 aliphatic carbocycles. The predicted octanol–water partition coefficient (Wildman–Crippen LogP) is 0.768. The molecule has 2 aliphatic heterocycles. The minimum absolute atomic E-state index is 0. The molecule has 1 fully saturated rings. The Bertz CT molecular complexity index is 704. The van der Waals surface area contributed by atoms with Crippen LogP contribution in [0.3, 0.4) is 0 Å². The number of amides is 1. The summed E-state index contributed by atoms with van der Waals surface area (Å²) >= 11 is 0. The van der Waals surface area contributed by atoms with E-state index in [-0.39, 0.29) is 24.4 Å². The SMILES string of the molecule is CC1Cc2cc(C(=O)NCC3CNC3)ccc2N1S(C)(=O)=O.Cl. The van der Waals surface area contributed by atoms with Gasteiger partial charge in [-0.15, -0.1) is 12.4 Å². The molecule has 1 aromatic carbocycles. The lowest BCUT2D eigenvalue weighted by molar-refractivity contribution is 0.0942. The summed E-state index contributed by atoms with van der Waals surface area (Å²) in [6.07, 6.45) is 1.85. The largest absolute Gasteiger partial charge is 0.352 e. The summed E-state index contributed by atoms with van der Waals surface area (Å²) in [5.41, 5.74) is 2.19. The van der Waals surface area contributed by atoms with Crippen molar-refractivity contribution in [3.8, 4) is 0 Å². The summed E-state index contributed by atoms with van der Waals surface area (Å²) in [6, 6.07) is 5.14.